The average molecular weight is 481 g/mol. The molecule has 0 aliphatic rings. The molecule has 12 heteroatoms. The van der Waals surface area contributed by atoms with E-state index in [0.29, 0.717) is 22.9 Å². The summed E-state index contributed by atoms with van der Waals surface area (Å²) in [6, 6.07) is 8.72. The Labute approximate surface area is 192 Å². The Bertz CT molecular complexity index is 1190. The number of nitrogen functional groups attached to an aromatic ring is 2. The molecule has 1 aromatic heterocycles. The van der Waals surface area contributed by atoms with Crippen molar-refractivity contribution in [1.29, 1.82) is 0 Å². The van der Waals surface area contributed by atoms with Crippen LogP contribution in [0.1, 0.15) is 5.56 Å². The molecule has 0 unspecified atom stereocenters. The second-order valence-electron chi connectivity index (χ2n) is 7.05. The van der Waals surface area contributed by atoms with E-state index >= 15 is 0 Å². The molecule has 0 atom stereocenters. The number of aromatic nitrogens is 1. The van der Waals surface area contributed by atoms with Gasteiger partial charge in [-0.05, 0) is 30.3 Å². The number of nitrogens with zero attached hydrogens (tertiary/aromatic N) is 2. The fourth-order valence-electron chi connectivity index (χ4n) is 2.84. The topological polar surface area (TPSA) is 119 Å². The van der Waals surface area contributed by atoms with Crippen LogP contribution in [0.3, 0.4) is 0 Å². The number of carbonyl (C=O) groups excluding carboxylic acids is 1. The molecule has 0 radical (unpaired) electrons. The number of urea groups is 1. The lowest BCUT2D eigenvalue weighted by Gasteiger charge is -2.20. The summed E-state index contributed by atoms with van der Waals surface area (Å²) in [5.74, 6) is 0.856. The molecule has 2 aromatic carbocycles. The van der Waals surface area contributed by atoms with E-state index in [4.69, 9.17) is 27.8 Å². The number of halogens is 4. The van der Waals surface area contributed by atoms with Gasteiger partial charge in [0.15, 0.2) is 5.75 Å². The largest absolute Gasteiger partial charge is 0.455 e. The van der Waals surface area contributed by atoms with Gasteiger partial charge in [-0.1, -0.05) is 11.6 Å². The molecule has 0 aliphatic heterocycles. The molecule has 0 bridgehead atoms. The third kappa shape index (κ3) is 5.69. The Hall–Kier alpha value is -3.86. The van der Waals surface area contributed by atoms with Crippen molar-refractivity contribution in [2.75, 3.05) is 41.1 Å². The molecule has 174 valence electrons. The first-order valence-corrected chi connectivity index (χ1v) is 9.77. The van der Waals surface area contributed by atoms with E-state index in [9.17, 15) is 18.0 Å². The lowest BCUT2D eigenvalue weighted by Crippen LogP contribution is -2.22. The zero-order chi connectivity index (χ0) is 24.3. The van der Waals surface area contributed by atoms with Gasteiger partial charge in [-0.2, -0.15) is 13.2 Å². The monoisotopic (exact) mass is 480 g/mol. The van der Waals surface area contributed by atoms with E-state index in [1.54, 1.807) is 43.3 Å². The van der Waals surface area contributed by atoms with Crippen LogP contribution >= 0.6 is 11.6 Å². The molecule has 0 saturated heterocycles. The fraction of sp³-hybridized carbons (Fsp3) is 0.143. The van der Waals surface area contributed by atoms with Crippen molar-refractivity contribution in [1.82, 2.24) is 4.98 Å². The minimum Gasteiger partial charge on any atom is -0.455 e. The first-order valence-electron chi connectivity index (χ1n) is 9.39. The van der Waals surface area contributed by atoms with E-state index < -0.39 is 22.8 Å². The number of anilines is 5. The third-order valence-corrected chi connectivity index (χ3v) is 4.77. The molecular formula is C21H20ClF3N6O2. The van der Waals surface area contributed by atoms with Crippen molar-refractivity contribution in [2.24, 2.45) is 0 Å². The normalized spacial score (nSPS) is 11.1. The van der Waals surface area contributed by atoms with Gasteiger partial charge >= 0.3 is 12.2 Å². The quantitative estimate of drug-likeness (QED) is 0.387. The van der Waals surface area contributed by atoms with E-state index in [2.05, 4.69) is 15.6 Å². The van der Waals surface area contributed by atoms with Gasteiger partial charge in [0.1, 0.15) is 17.3 Å². The van der Waals surface area contributed by atoms with Crippen LogP contribution in [0.5, 0.6) is 11.5 Å². The predicted molar refractivity (Wildman–Crippen MR) is 123 cm³/mol. The van der Waals surface area contributed by atoms with Gasteiger partial charge in [0, 0.05) is 38.1 Å². The van der Waals surface area contributed by atoms with Gasteiger partial charge < -0.3 is 31.7 Å². The SMILES string of the molecule is CN(C)c1cc(Oc2ccnc(N)c2N)ccc1NC(=O)Nc1ccc(Cl)c(C(F)(F)F)c1. The highest BCUT2D eigenvalue weighted by Gasteiger charge is 2.33. The van der Waals surface area contributed by atoms with Crippen LogP contribution < -0.4 is 31.7 Å². The Balaban J connectivity index is 1.79. The summed E-state index contributed by atoms with van der Waals surface area (Å²) in [4.78, 5) is 18.0. The average Bonchev–Trinajstić information content (AvgIpc) is 2.73. The van der Waals surface area contributed by atoms with Crippen LogP contribution in [0.25, 0.3) is 0 Å². The highest BCUT2D eigenvalue weighted by molar-refractivity contribution is 6.31. The van der Waals surface area contributed by atoms with Gasteiger partial charge in [-0.25, -0.2) is 9.78 Å². The molecule has 0 aliphatic carbocycles. The number of alkyl halides is 3. The highest BCUT2D eigenvalue weighted by Crippen LogP contribution is 2.37. The molecule has 1 heterocycles. The number of pyridine rings is 1. The molecule has 2 amide bonds. The molecule has 0 spiro atoms. The standard InChI is InChI=1S/C21H20ClF3N6O2/c1-31(2)16-10-12(33-17-7-8-28-19(27)18(17)26)4-6-15(16)30-20(32)29-11-3-5-14(22)13(9-11)21(23,24)25/h3-10H,26H2,1-2H3,(H2,27,28)(H2,29,30,32). The molecule has 3 rings (SSSR count). The molecule has 0 saturated carbocycles. The van der Waals surface area contributed by atoms with Gasteiger partial charge in [-0.15, -0.1) is 0 Å². The minimum atomic E-state index is -4.65. The Morgan fingerprint density at radius 1 is 1.09 bits per heavy atom. The number of hydrogen-bond donors (Lipinski definition) is 4. The maximum Gasteiger partial charge on any atom is 0.417 e. The van der Waals surface area contributed by atoms with Gasteiger partial charge in [0.05, 0.1) is 22.0 Å². The zero-order valence-electron chi connectivity index (χ0n) is 17.5. The third-order valence-electron chi connectivity index (χ3n) is 4.44. The molecule has 6 N–H and O–H groups in total. The van der Waals surface area contributed by atoms with Crippen molar-refractivity contribution in [3.63, 3.8) is 0 Å². The maximum absolute atomic E-state index is 13.0. The summed E-state index contributed by atoms with van der Waals surface area (Å²) in [5, 5.41) is 4.51. The second kappa shape index (κ2) is 9.33. The molecule has 8 nitrogen and oxygen atoms in total. The molecule has 3 aromatic rings. The van der Waals surface area contributed by atoms with Crippen molar-refractivity contribution in [3.05, 3.63) is 59.2 Å². The number of hydrogen-bond acceptors (Lipinski definition) is 6. The summed E-state index contributed by atoms with van der Waals surface area (Å²) >= 11 is 5.61. The number of nitrogens with one attached hydrogen (secondary N) is 2. The van der Waals surface area contributed by atoms with E-state index in [1.807, 2.05) is 0 Å². The Kier molecular flexibility index (Phi) is 6.73. The maximum atomic E-state index is 13.0. The number of amides is 2. The smallest absolute Gasteiger partial charge is 0.417 e. The van der Waals surface area contributed by atoms with E-state index in [0.717, 1.165) is 12.1 Å². The van der Waals surface area contributed by atoms with Crippen molar-refractivity contribution in [2.45, 2.75) is 6.18 Å². The first kappa shape index (κ1) is 23.8. The molecule has 0 fully saturated rings. The number of ether oxygens (including phenoxy) is 1. The Morgan fingerprint density at radius 2 is 1.82 bits per heavy atom. The van der Waals surface area contributed by atoms with Crippen LogP contribution in [0.4, 0.5) is 46.5 Å². The van der Waals surface area contributed by atoms with Gasteiger partial charge in [0.2, 0.25) is 0 Å². The van der Waals surface area contributed by atoms with Crippen molar-refractivity contribution in [3.8, 4) is 11.5 Å². The zero-order valence-corrected chi connectivity index (χ0v) is 18.3. The predicted octanol–water partition coefficient (Wildman–Crippen LogP) is 5.42. The highest BCUT2D eigenvalue weighted by atomic mass is 35.5. The fourth-order valence-corrected chi connectivity index (χ4v) is 3.07. The number of rotatable bonds is 5. The number of carbonyl (C=O) groups is 1. The lowest BCUT2D eigenvalue weighted by molar-refractivity contribution is -0.137. The van der Waals surface area contributed by atoms with Crippen LogP contribution in [0, 0.1) is 0 Å². The van der Waals surface area contributed by atoms with Crippen LogP contribution in [0.2, 0.25) is 5.02 Å². The Morgan fingerprint density at radius 3 is 2.48 bits per heavy atom. The summed E-state index contributed by atoms with van der Waals surface area (Å²) < 4.78 is 44.9. The number of benzene rings is 2. The summed E-state index contributed by atoms with van der Waals surface area (Å²) in [7, 11) is 3.49. The second-order valence-corrected chi connectivity index (χ2v) is 7.46. The minimum absolute atomic E-state index is 0.0682. The van der Waals surface area contributed by atoms with Crippen molar-refractivity contribution < 1.29 is 22.7 Å². The van der Waals surface area contributed by atoms with Crippen LogP contribution in [0.15, 0.2) is 48.7 Å². The van der Waals surface area contributed by atoms with Gasteiger partial charge in [0.25, 0.3) is 0 Å². The van der Waals surface area contributed by atoms with E-state index in [-0.39, 0.29) is 17.2 Å². The molecular weight excluding hydrogens is 461 g/mol. The first-order chi connectivity index (χ1) is 15.5. The summed E-state index contributed by atoms with van der Waals surface area (Å²) in [5.41, 5.74) is 11.6. The van der Waals surface area contributed by atoms with E-state index in [1.165, 1.54) is 12.3 Å². The summed E-state index contributed by atoms with van der Waals surface area (Å²) in [6.07, 6.45) is -3.20. The summed E-state index contributed by atoms with van der Waals surface area (Å²) in [6.45, 7) is 0. The van der Waals surface area contributed by atoms with Gasteiger partial charge in [-0.3, -0.25) is 0 Å². The number of nitrogens with two attached hydrogens (primary N) is 2. The van der Waals surface area contributed by atoms with Crippen LogP contribution in [-0.2, 0) is 6.18 Å². The lowest BCUT2D eigenvalue weighted by atomic mass is 10.2. The van der Waals surface area contributed by atoms with Crippen molar-refractivity contribution >= 4 is 46.2 Å². The van der Waals surface area contributed by atoms with Crippen LogP contribution in [-0.4, -0.2) is 25.1 Å². The molecule has 33 heavy (non-hydrogen) atoms.